The van der Waals surface area contributed by atoms with Crippen LogP contribution in [-0.2, 0) is 11.3 Å². The molecule has 0 aliphatic rings. The number of carbonyl (C=O) groups excluding carboxylic acids is 1. The number of H-pyrrole nitrogens is 1. The standard InChI is InChI=1S/C16H19N5O/c1-10(9-21-7-6-17-12(21)3)16(22)20-13-4-5-14-15(8-13)19-11(2)18-14/h4-8,10H,9H2,1-3H3,(H,18,19)(H,20,22). The number of anilines is 1. The van der Waals surface area contributed by atoms with Gasteiger partial charge < -0.3 is 14.9 Å². The molecule has 0 saturated carbocycles. The molecule has 6 nitrogen and oxygen atoms in total. The van der Waals surface area contributed by atoms with E-state index in [1.807, 2.05) is 49.7 Å². The topological polar surface area (TPSA) is 75.6 Å². The zero-order valence-electron chi connectivity index (χ0n) is 12.9. The third kappa shape index (κ3) is 2.86. The third-order valence-corrected chi connectivity index (χ3v) is 3.71. The molecule has 1 atom stereocenters. The molecule has 1 unspecified atom stereocenters. The van der Waals surface area contributed by atoms with E-state index >= 15 is 0 Å². The molecule has 3 rings (SSSR count). The maximum atomic E-state index is 12.3. The predicted molar refractivity (Wildman–Crippen MR) is 85.6 cm³/mol. The number of fused-ring (bicyclic) bond motifs is 1. The van der Waals surface area contributed by atoms with E-state index in [0.717, 1.165) is 28.4 Å². The number of aromatic amines is 1. The average Bonchev–Trinajstić information content (AvgIpc) is 3.03. The number of nitrogens with one attached hydrogen (secondary N) is 2. The Morgan fingerprint density at radius 2 is 2.23 bits per heavy atom. The fourth-order valence-electron chi connectivity index (χ4n) is 2.46. The molecule has 0 spiro atoms. The maximum absolute atomic E-state index is 12.3. The van der Waals surface area contributed by atoms with Crippen LogP contribution >= 0.6 is 0 Å². The number of nitrogens with zero attached hydrogens (tertiary/aromatic N) is 3. The van der Waals surface area contributed by atoms with E-state index in [1.165, 1.54) is 0 Å². The number of aromatic nitrogens is 4. The van der Waals surface area contributed by atoms with Gasteiger partial charge in [-0.1, -0.05) is 6.92 Å². The van der Waals surface area contributed by atoms with E-state index in [0.29, 0.717) is 6.54 Å². The number of imidazole rings is 2. The van der Waals surface area contributed by atoms with Crippen LogP contribution in [0, 0.1) is 19.8 Å². The van der Waals surface area contributed by atoms with Crippen LogP contribution in [0.2, 0.25) is 0 Å². The highest BCUT2D eigenvalue weighted by Gasteiger charge is 2.15. The lowest BCUT2D eigenvalue weighted by molar-refractivity contribution is -0.119. The Hall–Kier alpha value is -2.63. The van der Waals surface area contributed by atoms with E-state index in [1.54, 1.807) is 6.20 Å². The van der Waals surface area contributed by atoms with Gasteiger partial charge in [0.05, 0.1) is 17.0 Å². The highest BCUT2D eigenvalue weighted by Crippen LogP contribution is 2.18. The van der Waals surface area contributed by atoms with Gasteiger partial charge in [0.25, 0.3) is 0 Å². The Kier molecular flexibility index (Phi) is 3.66. The second-order valence-electron chi connectivity index (χ2n) is 5.57. The smallest absolute Gasteiger partial charge is 0.229 e. The number of rotatable bonds is 4. The number of amides is 1. The summed E-state index contributed by atoms with van der Waals surface area (Å²) in [4.78, 5) is 24.0. The number of hydrogen-bond donors (Lipinski definition) is 2. The maximum Gasteiger partial charge on any atom is 0.229 e. The summed E-state index contributed by atoms with van der Waals surface area (Å²) in [5.41, 5.74) is 2.60. The summed E-state index contributed by atoms with van der Waals surface area (Å²) in [6.45, 7) is 6.36. The van der Waals surface area contributed by atoms with Crippen molar-refractivity contribution in [1.29, 1.82) is 0 Å². The van der Waals surface area contributed by atoms with Crippen LogP contribution in [0.1, 0.15) is 18.6 Å². The van der Waals surface area contributed by atoms with Crippen LogP contribution in [0.3, 0.4) is 0 Å². The van der Waals surface area contributed by atoms with Gasteiger partial charge in [0.1, 0.15) is 11.6 Å². The Morgan fingerprint density at radius 3 is 2.95 bits per heavy atom. The van der Waals surface area contributed by atoms with Gasteiger partial charge in [0.15, 0.2) is 0 Å². The molecule has 2 aromatic heterocycles. The fraction of sp³-hybridized carbons (Fsp3) is 0.312. The quantitative estimate of drug-likeness (QED) is 0.777. The summed E-state index contributed by atoms with van der Waals surface area (Å²) >= 11 is 0. The second-order valence-corrected chi connectivity index (χ2v) is 5.57. The molecule has 0 fully saturated rings. The van der Waals surface area contributed by atoms with Gasteiger partial charge in [-0.25, -0.2) is 9.97 Å². The van der Waals surface area contributed by atoms with E-state index in [4.69, 9.17) is 0 Å². The molecule has 0 bridgehead atoms. The Morgan fingerprint density at radius 1 is 1.41 bits per heavy atom. The van der Waals surface area contributed by atoms with E-state index in [9.17, 15) is 4.79 Å². The molecule has 0 radical (unpaired) electrons. The zero-order valence-corrected chi connectivity index (χ0v) is 12.9. The van der Waals surface area contributed by atoms with Crippen molar-refractivity contribution in [2.24, 2.45) is 5.92 Å². The molecule has 1 aromatic carbocycles. The molecule has 3 aromatic rings. The van der Waals surface area contributed by atoms with Crippen LogP contribution in [0.15, 0.2) is 30.6 Å². The first kappa shape index (κ1) is 14.3. The van der Waals surface area contributed by atoms with Gasteiger partial charge in [0.2, 0.25) is 5.91 Å². The van der Waals surface area contributed by atoms with Crippen LogP contribution in [0.25, 0.3) is 11.0 Å². The minimum atomic E-state index is -0.146. The molecule has 2 N–H and O–H groups in total. The fourth-order valence-corrected chi connectivity index (χ4v) is 2.46. The zero-order chi connectivity index (χ0) is 15.7. The molecular weight excluding hydrogens is 278 g/mol. The number of aryl methyl sites for hydroxylation is 2. The van der Waals surface area contributed by atoms with Crippen molar-refractivity contribution in [1.82, 2.24) is 19.5 Å². The minimum absolute atomic E-state index is 0.0105. The molecule has 1 amide bonds. The highest BCUT2D eigenvalue weighted by molar-refractivity contribution is 5.94. The molecule has 22 heavy (non-hydrogen) atoms. The molecule has 114 valence electrons. The molecule has 0 saturated heterocycles. The number of hydrogen-bond acceptors (Lipinski definition) is 3. The van der Waals surface area contributed by atoms with Crippen molar-refractivity contribution < 1.29 is 4.79 Å². The Labute approximate surface area is 128 Å². The Balaban J connectivity index is 1.70. The summed E-state index contributed by atoms with van der Waals surface area (Å²) in [6, 6.07) is 5.68. The van der Waals surface area contributed by atoms with Crippen molar-refractivity contribution in [2.45, 2.75) is 27.3 Å². The van der Waals surface area contributed by atoms with Gasteiger partial charge in [-0.2, -0.15) is 0 Å². The highest BCUT2D eigenvalue weighted by atomic mass is 16.1. The van der Waals surface area contributed by atoms with Gasteiger partial charge in [-0.05, 0) is 32.0 Å². The molecular formula is C16H19N5O. The minimum Gasteiger partial charge on any atom is -0.342 e. The Bertz CT molecular complexity index is 817. The summed E-state index contributed by atoms with van der Waals surface area (Å²) in [7, 11) is 0. The lowest BCUT2D eigenvalue weighted by Crippen LogP contribution is -2.24. The van der Waals surface area contributed by atoms with Crippen molar-refractivity contribution in [3.05, 3.63) is 42.2 Å². The first-order chi connectivity index (χ1) is 10.5. The van der Waals surface area contributed by atoms with Gasteiger partial charge in [-0.15, -0.1) is 0 Å². The van der Waals surface area contributed by atoms with Crippen LogP contribution in [0.4, 0.5) is 5.69 Å². The van der Waals surface area contributed by atoms with E-state index in [2.05, 4.69) is 20.3 Å². The molecule has 0 aliphatic heterocycles. The average molecular weight is 297 g/mol. The second kappa shape index (κ2) is 5.63. The third-order valence-electron chi connectivity index (χ3n) is 3.71. The van der Waals surface area contributed by atoms with Gasteiger partial charge >= 0.3 is 0 Å². The molecule has 0 aliphatic carbocycles. The summed E-state index contributed by atoms with van der Waals surface area (Å²) in [6.07, 6.45) is 3.63. The SMILES string of the molecule is Cc1nc2ccc(NC(=O)C(C)Cn3ccnc3C)cc2[nH]1. The largest absolute Gasteiger partial charge is 0.342 e. The number of benzene rings is 1. The van der Waals surface area contributed by atoms with Crippen LogP contribution in [0.5, 0.6) is 0 Å². The van der Waals surface area contributed by atoms with E-state index < -0.39 is 0 Å². The van der Waals surface area contributed by atoms with Crippen molar-refractivity contribution in [2.75, 3.05) is 5.32 Å². The van der Waals surface area contributed by atoms with Crippen LogP contribution < -0.4 is 5.32 Å². The van der Waals surface area contributed by atoms with Crippen molar-refractivity contribution in [3.63, 3.8) is 0 Å². The monoisotopic (exact) mass is 297 g/mol. The van der Waals surface area contributed by atoms with Crippen molar-refractivity contribution >= 4 is 22.6 Å². The summed E-state index contributed by atoms with van der Waals surface area (Å²) in [5, 5.41) is 2.95. The normalized spacial score (nSPS) is 12.5. The van der Waals surface area contributed by atoms with Crippen molar-refractivity contribution in [3.8, 4) is 0 Å². The summed E-state index contributed by atoms with van der Waals surface area (Å²) < 4.78 is 1.98. The van der Waals surface area contributed by atoms with Gasteiger partial charge in [-0.3, -0.25) is 4.79 Å². The van der Waals surface area contributed by atoms with Crippen LogP contribution in [-0.4, -0.2) is 25.4 Å². The predicted octanol–water partition coefficient (Wildman–Crippen LogP) is 2.65. The van der Waals surface area contributed by atoms with Gasteiger partial charge in [0, 0.05) is 24.6 Å². The lowest BCUT2D eigenvalue weighted by Gasteiger charge is -2.14. The first-order valence-corrected chi connectivity index (χ1v) is 7.28. The molecule has 2 heterocycles. The first-order valence-electron chi connectivity index (χ1n) is 7.28. The lowest BCUT2D eigenvalue weighted by atomic mass is 10.1. The number of carbonyl (C=O) groups is 1. The molecule has 6 heteroatoms. The van der Waals surface area contributed by atoms with E-state index in [-0.39, 0.29) is 11.8 Å². The summed E-state index contributed by atoms with van der Waals surface area (Å²) in [5.74, 6) is 1.62.